The lowest BCUT2D eigenvalue weighted by Crippen LogP contribution is -2.19. The van der Waals surface area contributed by atoms with Gasteiger partial charge in [0, 0.05) is 41.0 Å². The minimum Gasteiger partial charge on any atom is -0.361 e. The number of hydrogen-bond donors (Lipinski definition) is 2. The number of benzene rings is 2. The Bertz CT molecular complexity index is 1260. The number of nitro benzene ring substituents is 1. The zero-order valence-corrected chi connectivity index (χ0v) is 17.0. The summed E-state index contributed by atoms with van der Waals surface area (Å²) in [6, 6.07) is 14.0. The number of nitrogens with one attached hydrogen (secondary N) is 2. The number of aromatic nitrogens is 3. The maximum Gasteiger partial charge on any atom is 0.293 e. The molecule has 2 aromatic carbocycles. The highest BCUT2D eigenvalue weighted by Crippen LogP contribution is 2.18. The minimum absolute atomic E-state index is 0.0218. The van der Waals surface area contributed by atoms with Gasteiger partial charge in [-0.3, -0.25) is 19.6 Å². The van der Waals surface area contributed by atoms with Crippen LogP contribution >= 0.6 is 15.9 Å². The van der Waals surface area contributed by atoms with Crippen molar-refractivity contribution in [3.05, 3.63) is 92.3 Å². The molecular weight excluding hydrogens is 452 g/mol. The summed E-state index contributed by atoms with van der Waals surface area (Å²) in [6.45, 7) is 0.364. The molecular formula is C20H15BrN6O3. The molecule has 30 heavy (non-hydrogen) atoms. The number of hydrazone groups is 1. The SMILES string of the molecule is O=C(NN=Cc1c[nH]c2ccccc12)c1nn(Cc2ccc([N+](=O)[O-])cc2)cc1Br. The average Bonchev–Trinajstić information content (AvgIpc) is 3.32. The van der Waals surface area contributed by atoms with Crippen molar-refractivity contribution in [2.75, 3.05) is 0 Å². The van der Waals surface area contributed by atoms with Crippen LogP contribution in [0.3, 0.4) is 0 Å². The van der Waals surface area contributed by atoms with E-state index in [1.165, 1.54) is 12.1 Å². The van der Waals surface area contributed by atoms with E-state index in [9.17, 15) is 14.9 Å². The second kappa shape index (κ2) is 8.29. The third-order valence-electron chi connectivity index (χ3n) is 4.41. The van der Waals surface area contributed by atoms with Crippen molar-refractivity contribution in [2.45, 2.75) is 6.54 Å². The number of carbonyl (C=O) groups excluding carboxylic acids is 1. The van der Waals surface area contributed by atoms with Crippen molar-refractivity contribution >= 4 is 44.6 Å². The molecule has 10 heteroatoms. The van der Waals surface area contributed by atoms with Gasteiger partial charge in [0.1, 0.15) is 0 Å². The fourth-order valence-electron chi connectivity index (χ4n) is 2.96. The molecule has 1 amide bonds. The van der Waals surface area contributed by atoms with Crippen molar-refractivity contribution in [1.29, 1.82) is 0 Å². The van der Waals surface area contributed by atoms with Crippen LogP contribution in [-0.2, 0) is 6.54 Å². The highest BCUT2D eigenvalue weighted by Gasteiger charge is 2.15. The van der Waals surface area contributed by atoms with Crippen LogP contribution in [-0.4, -0.2) is 31.8 Å². The van der Waals surface area contributed by atoms with Gasteiger partial charge in [0.15, 0.2) is 5.69 Å². The number of H-pyrrole nitrogens is 1. The van der Waals surface area contributed by atoms with Crippen molar-refractivity contribution < 1.29 is 9.72 Å². The fourth-order valence-corrected chi connectivity index (χ4v) is 3.45. The van der Waals surface area contributed by atoms with Gasteiger partial charge in [-0.25, -0.2) is 5.43 Å². The number of aromatic amines is 1. The van der Waals surface area contributed by atoms with E-state index in [2.05, 4.69) is 36.5 Å². The smallest absolute Gasteiger partial charge is 0.293 e. The van der Waals surface area contributed by atoms with Gasteiger partial charge in [0.2, 0.25) is 0 Å². The Labute approximate surface area is 178 Å². The van der Waals surface area contributed by atoms with E-state index in [1.807, 2.05) is 30.5 Å². The lowest BCUT2D eigenvalue weighted by atomic mass is 10.2. The molecule has 9 nitrogen and oxygen atoms in total. The maximum atomic E-state index is 12.4. The number of carbonyl (C=O) groups is 1. The van der Waals surface area contributed by atoms with Gasteiger partial charge in [0.25, 0.3) is 11.6 Å². The van der Waals surface area contributed by atoms with E-state index >= 15 is 0 Å². The summed E-state index contributed by atoms with van der Waals surface area (Å²) in [6.07, 6.45) is 5.05. The van der Waals surface area contributed by atoms with Gasteiger partial charge in [-0.1, -0.05) is 30.3 Å². The van der Waals surface area contributed by atoms with Crippen LogP contribution in [0.4, 0.5) is 5.69 Å². The third-order valence-corrected chi connectivity index (χ3v) is 5.00. The molecule has 0 aliphatic rings. The van der Waals surface area contributed by atoms with Gasteiger partial charge in [-0.15, -0.1) is 0 Å². The predicted molar refractivity (Wildman–Crippen MR) is 115 cm³/mol. The first-order chi connectivity index (χ1) is 14.5. The van der Waals surface area contributed by atoms with Gasteiger partial charge in [-0.2, -0.15) is 10.2 Å². The summed E-state index contributed by atoms with van der Waals surface area (Å²) in [5.74, 6) is -0.458. The van der Waals surface area contributed by atoms with E-state index in [4.69, 9.17) is 0 Å². The number of fused-ring (bicyclic) bond motifs is 1. The van der Waals surface area contributed by atoms with E-state index < -0.39 is 10.8 Å². The first-order valence-electron chi connectivity index (χ1n) is 8.87. The Morgan fingerprint density at radius 1 is 1.27 bits per heavy atom. The van der Waals surface area contributed by atoms with Crippen LogP contribution in [0.25, 0.3) is 10.9 Å². The molecule has 0 bridgehead atoms. The number of nitrogens with zero attached hydrogens (tertiary/aromatic N) is 4. The zero-order valence-electron chi connectivity index (χ0n) is 15.4. The highest BCUT2D eigenvalue weighted by atomic mass is 79.9. The molecule has 2 aromatic heterocycles. The second-order valence-electron chi connectivity index (χ2n) is 6.44. The number of hydrogen-bond acceptors (Lipinski definition) is 5. The molecule has 0 spiro atoms. The van der Waals surface area contributed by atoms with Crippen molar-refractivity contribution in [1.82, 2.24) is 20.2 Å². The molecule has 4 rings (SSSR count). The molecule has 2 heterocycles. The molecule has 150 valence electrons. The molecule has 0 saturated carbocycles. The average molecular weight is 467 g/mol. The number of para-hydroxylation sites is 1. The van der Waals surface area contributed by atoms with E-state index in [1.54, 1.807) is 29.2 Å². The number of rotatable bonds is 6. The topological polar surface area (TPSA) is 118 Å². The van der Waals surface area contributed by atoms with Gasteiger partial charge in [-0.05, 0) is 27.6 Å². The predicted octanol–water partition coefficient (Wildman–Crippen LogP) is 3.85. The number of non-ortho nitro benzene ring substituents is 1. The van der Waals surface area contributed by atoms with Gasteiger partial charge < -0.3 is 4.98 Å². The third kappa shape index (κ3) is 4.13. The summed E-state index contributed by atoms with van der Waals surface area (Å²) in [7, 11) is 0. The number of amides is 1. The monoisotopic (exact) mass is 466 g/mol. The molecule has 0 atom stereocenters. The maximum absolute atomic E-state index is 12.4. The molecule has 0 aliphatic carbocycles. The molecule has 0 saturated heterocycles. The highest BCUT2D eigenvalue weighted by molar-refractivity contribution is 9.10. The summed E-state index contributed by atoms with van der Waals surface area (Å²) < 4.78 is 2.09. The summed E-state index contributed by atoms with van der Waals surface area (Å²) in [5.41, 5.74) is 5.34. The van der Waals surface area contributed by atoms with Crippen molar-refractivity contribution in [2.24, 2.45) is 5.10 Å². The summed E-state index contributed by atoms with van der Waals surface area (Å²) in [5, 5.41) is 20.0. The molecule has 4 aromatic rings. The normalized spacial score (nSPS) is 11.2. The second-order valence-corrected chi connectivity index (χ2v) is 7.29. The Hall–Kier alpha value is -3.79. The quantitative estimate of drug-likeness (QED) is 0.254. The van der Waals surface area contributed by atoms with Crippen LogP contribution < -0.4 is 5.43 Å². The van der Waals surface area contributed by atoms with E-state index in [-0.39, 0.29) is 11.4 Å². The van der Waals surface area contributed by atoms with Gasteiger partial charge >= 0.3 is 0 Å². The van der Waals surface area contributed by atoms with Crippen LogP contribution in [0.2, 0.25) is 0 Å². The Kier molecular flexibility index (Phi) is 5.40. The van der Waals surface area contributed by atoms with Crippen molar-refractivity contribution in [3.63, 3.8) is 0 Å². The molecule has 2 N–H and O–H groups in total. The first-order valence-corrected chi connectivity index (χ1v) is 9.66. The van der Waals surface area contributed by atoms with Crippen LogP contribution in [0.1, 0.15) is 21.6 Å². The molecule has 0 radical (unpaired) electrons. The van der Waals surface area contributed by atoms with Gasteiger partial charge in [0.05, 0.1) is 22.2 Å². The molecule has 0 aliphatic heterocycles. The van der Waals surface area contributed by atoms with Crippen LogP contribution in [0.15, 0.2) is 70.5 Å². The first kappa shape index (κ1) is 19.5. The largest absolute Gasteiger partial charge is 0.361 e. The fraction of sp³-hybridized carbons (Fsp3) is 0.0500. The standard InChI is InChI=1S/C20H15BrN6O3/c21-17-12-26(11-13-5-7-15(8-6-13)27(29)30)25-19(17)20(28)24-23-10-14-9-22-18-4-2-1-3-16(14)18/h1-10,12,22H,11H2,(H,24,28). The number of nitro groups is 1. The lowest BCUT2D eigenvalue weighted by Gasteiger charge is -2.01. The number of halogens is 1. The van der Waals surface area contributed by atoms with Crippen molar-refractivity contribution in [3.8, 4) is 0 Å². The molecule has 0 fully saturated rings. The minimum atomic E-state index is -0.458. The van der Waals surface area contributed by atoms with Crippen LogP contribution in [0, 0.1) is 10.1 Å². The van der Waals surface area contributed by atoms with Crippen LogP contribution in [0.5, 0.6) is 0 Å². The summed E-state index contributed by atoms with van der Waals surface area (Å²) >= 11 is 3.33. The van der Waals surface area contributed by atoms with E-state index in [0.29, 0.717) is 11.0 Å². The lowest BCUT2D eigenvalue weighted by molar-refractivity contribution is -0.384. The Morgan fingerprint density at radius 3 is 2.80 bits per heavy atom. The van der Waals surface area contributed by atoms with E-state index in [0.717, 1.165) is 22.0 Å². The Balaban J connectivity index is 1.43. The summed E-state index contributed by atoms with van der Waals surface area (Å²) in [4.78, 5) is 25.9. The Morgan fingerprint density at radius 2 is 2.03 bits per heavy atom. The zero-order chi connectivity index (χ0) is 21.1. The molecule has 0 unspecified atom stereocenters.